The van der Waals surface area contributed by atoms with Crippen LogP contribution < -0.4 is 9.46 Å². The first-order valence-electron chi connectivity index (χ1n) is 7.20. The number of nitrogens with zero attached hydrogens (tertiary/aromatic N) is 1. The van der Waals surface area contributed by atoms with Gasteiger partial charge in [0.25, 0.3) is 0 Å². The van der Waals surface area contributed by atoms with Crippen LogP contribution in [0.1, 0.15) is 19.8 Å². The third-order valence-electron chi connectivity index (χ3n) is 3.16. The summed E-state index contributed by atoms with van der Waals surface area (Å²) >= 11 is 0. The average molecular weight is 314 g/mol. The summed E-state index contributed by atoms with van der Waals surface area (Å²) < 4.78 is 39.2. The summed E-state index contributed by atoms with van der Waals surface area (Å²) in [4.78, 5) is 0. The smallest absolute Gasteiger partial charge is 0.301 e. The lowest BCUT2D eigenvalue weighted by molar-refractivity contribution is 0.0733. The normalized spacial score (nSPS) is 16.6. The predicted molar refractivity (Wildman–Crippen MR) is 81.8 cm³/mol. The number of morpholine rings is 1. The molecule has 0 aromatic heterocycles. The third kappa shape index (κ3) is 4.87. The summed E-state index contributed by atoms with van der Waals surface area (Å²) in [5.74, 6) is 0.672. The number of unbranched alkanes of at least 4 members (excludes halogenated alkanes) is 1. The van der Waals surface area contributed by atoms with Crippen molar-refractivity contribution < 1.29 is 17.9 Å². The van der Waals surface area contributed by atoms with E-state index in [-0.39, 0.29) is 0 Å². The molecule has 0 bridgehead atoms. The number of rotatable bonds is 7. The fourth-order valence-corrected chi connectivity index (χ4v) is 3.17. The average Bonchev–Trinajstić information content (AvgIpc) is 2.48. The van der Waals surface area contributed by atoms with E-state index in [2.05, 4.69) is 11.6 Å². The molecule has 0 amide bonds. The predicted octanol–water partition coefficient (Wildman–Crippen LogP) is 1.85. The Hall–Kier alpha value is -1.31. The van der Waals surface area contributed by atoms with Crippen molar-refractivity contribution in [3.05, 3.63) is 24.3 Å². The van der Waals surface area contributed by atoms with Crippen molar-refractivity contribution in [2.75, 3.05) is 37.6 Å². The minimum Gasteiger partial charge on any atom is -0.494 e. The Morgan fingerprint density at radius 2 is 2.10 bits per heavy atom. The second-order valence-electron chi connectivity index (χ2n) is 4.85. The van der Waals surface area contributed by atoms with Gasteiger partial charge in [0.15, 0.2) is 0 Å². The van der Waals surface area contributed by atoms with Crippen LogP contribution in [-0.2, 0) is 14.9 Å². The van der Waals surface area contributed by atoms with Gasteiger partial charge in [-0.15, -0.1) is 0 Å². The van der Waals surface area contributed by atoms with Crippen LogP contribution in [0.2, 0.25) is 0 Å². The van der Waals surface area contributed by atoms with Gasteiger partial charge in [0.2, 0.25) is 0 Å². The summed E-state index contributed by atoms with van der Waals surface area (Å²) in [5.41, 5.74) is 0.510. The lowest BCUT2D eigenvalue weighted by Gasteiger charge is -2.26. The van der Waals surface area contributed by atoms with Gasteiger partial charge in [0.1, 0.15) is 5.75 Å². The number of hydrogen-bond donors (Lipinski definition) is 1. The molecule has 1 heterocycles. The van der Waals surface area contributed by atoms with Gasteiger partial charge >= 0.3 is 10.2 Å². The Kier molecular flexibility index (Phi) is 5.84. The molecule has 0 saturated carbocycles. The maximum Gasteiger partial charge on any atom is 0.301 e. The highest BCUT2D eigenvalue weighted by Gasteiger charge is 2.24. The van der Waals surface area contributed by atoms with Crippen molar-refractivity contribution in [3.8, 4) is 5.75 Å². The van der Waals surface area contributed by atoms with Gasteiger partial charge in [-0.05, 0) is 18.6 Å². The highest BCUT2D eigenvalue weighted by molar-refractivity contribution is 7.90. The summed E-state index contributed by atoms with van der Waals surface area (Å²) in [6.45, 7) is 4.35. The van der Waals surface area contributed by atoms with E-state index in [0.29, 0.717) is 44.3 Å². The van der Waals surface area contributed by atoms with Crippen LogP contribution in [0.25, 0.3) is 0 Å². The highest BCUT2D eigenvalue weighted by Crippen LogP contribution is 2.20. The Labute approximate surface area is 126 Å². The van der Waals surface area contributed by atoms with Crippen LogP contribution >= 0.6 is 0 Å². The Morgan fingerprint density at radius 3 is 2.81 bits per heavy atom. The molecule has 0 aliphatic carbocycles. The van der Waals surface area contributed by atoms with Crippen LogP contribution in [0, 0.1) is 0 Å². The van der Waals surface area contributed by atoms with E-state index in [1.54, 1.807) is 18.2 Å². The van der Waals surface area contributed by atoms with Gasteiger partial charge in [-0.2, -0.15) is 12.7 Å². The molecular weight excluding hydrogens is 292 g/mol. The molecular formula is C14H22N2O4S. The molecule has 118 valence electrons. The molecule has 1 fully saturated rings. The molecule has 1 N–H and O–H groups in total. The van der Waals surface area contributed by atoms with E-state index in [1.165, 1.54) is 4.31 Å². The van der Waals surface area contributed by atoms with Crippen molar-refractivity contribution in [2.24, 2.45) is 0 Å². The van der Waals surface area contributed by atoms with E-state index >= 15 is 0 Å². The molecule has 1 aromatic rings. The first-order valence-corrected chi connectivity index (χ1v) is 8.64. The topological polar surface area (TPSA) is 67.9 Å². The monoisotopic (exact) mass is 314 g/mol. The Bertz CT molecular complexity index is 542. The Balaban J connectivity index is 1.99. The molecule has 6 nitrogen and oxygen atoms in total. The first-order chi connectivity index (χ1) is 10.1. The summed E-state index contributed by atoms with van der Waals surface area (Å²) in [6.07, 6.45) is 2.03. The van der Waals surface area contributed by atoms with E-state index in [1.807, 2.05) is 6.07 Å². The van der Waals surface area contributed by atoms with E-state index in [9.17, 15) is 8.42 Å². The van der Waals surface area contributed by atoms with E-state index in [0.717, 1.165) is 12.8 Å². The van der Waals surface area contributed by atoms with Crippen LogP contribution in [0.4, 0.5) is 5.69 Å². The quantitative estimate of drug-likeness (QED) is 0.780. The maximum atomic E-state index is 12.2. The zero-order valence-electron chi connectivity index (χ0n) is 12.2. The molecule has 7 heteroatoms. The van der Waals surface area contributed by atoms with Crippen LogP contribution in [0.5, 0.6) is 5.75 Å². The molecule has 1 aromatic carbocycles. The third-order valence-corrected chi connectivity index (χ3v) is 4.70. The first kappa shape index (κ1) is 16.1. The minimum atomic E-state index is -3.53. The second-order valence-corrected chi connectivity index (χ2v) is 6.52. The van der Waals surface area contributed by atoms with E-state index in [4.69, 9.17) is 9.47 Å². The summed E-state index contributed by atoms with van der Waals surface area (Å²) in [5, 5.41) is 0. The minimum absolute atomic E-state index is 0.377. The van der Waals surface area contributed by atoms with Gasteiger partial charge in [-0.25, -0.2) is 0 Å². The standard InChI is InChI=1S/C14H22N2O4S/c1-2-3-9-20-14-6-4-5-13(12-14)15-21(17,18)16-7-10-19-11-8-16/h4-6,12,15H,2-3,7-11H2,1H3. The number of nitrogens with one attached hydrogen (secondary N) is 1. The number of hydrogen-bond acceptors (Lipinski definition) is 4. The molecule has 1 aliphatic rings. The van der Waals surface area contributed by atoms with Crippen molar-refractivity contribution in [1.29, 1.82) is 0 Å². The van der Waals surface area contributed by atoms with Crippen molar-refractivity contribution >= 4 is 15.9 Å². The van der Waals surface area contributed by atoms with Gasteiger partial charge in [-0.1, -0.05) is 19.4 Å². The van der Waals surface area contributed by atoms with Crippen molar-refractivity contribution in [3.63, 3.8) is 0 Å². The Morgan fingerprint density at radius 1 is 1.33 bits per heavy atom. The zero-order valence-corrected chi connectivity index (χ0v) is 13.1. The maximum absolute atomic E-state index is 12.2. The van der Waals surface area contributed by atoms with Crippen molar-refractivity contribution in [2.45, 2.75) is 19.8 Å². The summed E-state index contributed by atoms with van der Waals surface area (Å²) in [7, 11) is -3.53. The fourth-order valence-electron chi connectivity index (χ4n) is 1.98. The van der Waals surface area contributed by atoms with Crippen molar-refractivity contribution in [1.82, 2.24) is 4.31 Å². The van der Waals surface area contributed by atoms with Crippen LogP contribution in [0.3, 0.4) is 0 Å². The molecule has 0 radical (unpaired) electrons. The second kappa shape index (κ2) is 7.63. The van der Waals surface area contributed by atoms with Crippen LogP contribution in [-0.4, -0.2) is 45.6 Å². The lowest BCUT2D eigenvalue weighted by Crippen LogP contribution is -2.43. The number of anilines is 1. The molecule has 0 atom stereocenters. The lowest BCUT2D eigenvalue weighted by atomic mass is 10.3. The van der Waals surface area contributed by atoms with Gasteiger partial charge < -0.3 is 9.47 Å². The van der Waals surface area contributed by atoms with Gasteiger partial charge in [0, 0.05) is 19.2 Å². The fraction of sp³-hybridized carbons (Fsp3) is 0.571. The number of benzene rings is 1. The summed E-state index contributed by atoms with van der Waals surface area (Å²) in [6, 6.07) is 7.01. The molecule has 2 rings (SSSR count). The highest BCUT2D eigenvalue weighted by atomic mass is 32.2. The van der Waals surface area contributed by atoms with Gasteiger partial charge in [0.05, 0.1) is 25.5 Å². The molecule has 0 spiro atoms. The molecule has 21 heavy (non-hydrogen) atoms. The molecule has 1 saturated heterocycles. The molecule has 0 unspecified atom stereocenters. The number of ether oxygens (including phenoxy) is 2. The van der Waals surface area contributed by atoms with Gasteiger partial charge in [-0.3, -0.25) is 4.72 Å². The largest absolute Gasteiger partial charge is 0.494 e. The van der Waals surface area contributed by atoms with Crippen LogP contribution in [0.15, 0.2) is 24.3 Å². The van der Waals surface area contributed by atoms with E-state index < -0.39 is 10.2 Å². The molecule has 1 aliphatic heterocycles. The SMILES string of the molecule is CCCCOc1cccc(NS(=O)(=O)N2CCOCC2)c1. The zero-order chi connectivity index (χ0) is 15.1.